The molecule has 2 aromatic rings. The van der Waals surface area contributed by atoms with E-state index in [1.54, 1.807) is 0 Å². The number of nitrogens with two attached hydrogens (primary N) is 1. The van der Waals surface area contributed by atoms with Crippen molar-refractivity contribution < 1.29 is 0 Å². The van der Waals surface area contributed by atoms with Crippen molar-refractivity contribution >= 4 is 27.5 Å². The molecule has 0 saturated heterocycles. The molecule has 0 fully saturated rings. The third kappa shape index (κ3) is 3.62. The maximum atomic E-state index is 6.32. The number of hydrogen-bond donors (Lipinski definition) is 1. The smallest absolute Gasteiger partial charge is 0.0847 e. The highest BCUT2D eigenvalue weighted by Gasteiger charge is 2.16. The van der Waals surface area contributed by atoms with Gasteiger partial charge in [-0.05, 0) is 38.0 Å². The van der Waals surface area contributed by atoms with Crippen molar-refractivity contribution in [2.45, 2.75) is 39.3 Å². The van der Waals surface area contributed by atoms with Gasteiger partial charge >= 0.3 is 0 Å². The van der Waals surface area contributed by atoms with Crippen LogP contribution >= 0.6 is 27.5 Å². The van der Waals surface area contributed by atoms with Crippen molar-refractivity contribution in [2.24, 2.45) is 5.73 Å². The van der Waals surface area contributed by atoms with Gasteiger partial charge in [-0.2, -0.15) is 5.10 Å². The van der Waals surface area contributed by atoms with Gasteiger partial charge in [-0.15, -0.1) is 0 Å². The summed E-state index contributed by atoms with van der Waals surface area (Å²) in [4.78, 5) is 0. The Bertz CT molecular complexity index is 595. The quantitative estimate of drug-likeness (QED) is 0.887. The minimum absolute atomic E-state index is 0.0307. The van der Waals surface area contributed by atoms with E-state index in [4.69, 9.17) is 17.3 Å². The number of hydrogen-bond acceptors (Lipinski definition) is 2. The van der Waals surface area contributed by atoms with Crippen LogP contribution in [0.4, 0.5) is 0 Å². The molecule has 0 aliphatic carbocycles. The summed E-state index contributed by atoms with van der Waals surface area (Å²) < 4.78 is 3.02. The number of aromatic nitrogens is 2. The van der Waals surface area contributed by atoms with E-state index in [2.05, 4.69) is 40.1 Å². The van der Waals surface area contributed by atoms with Crippen LogP contribution < -0.4 is 5.73 Å². The molecule has 0 saturated carbocycles. The zero-order valence-corrected chi connectivity index (χ0v) is 14.1. The molecule has 0 spiro atoms. The Balaban J connectivity index is 2.10. The van der Waals surface area contributed by atoms with E-state index in [1.165, 1.54) is 5.56 Å². The molecule has 108 valence electrons. The molecule has 1 unspecified atom stereocenters. The summed E-state index contributed by atoms with van der Waals surface area (Å²) in [5.74, 6) is 0. The molecule has 3 nitrogen and oxygen atoms in total. The Morgan fingerprint density at radius 2 is 2.15 bits per heavy atom. The van der Waals surface area contributed by atoms with Gasteiger partial charge in [0.1, 0.15) is 0 Å². The largest absolute Gasteiger partial charge is 0.327 e. The van der Waals surface area contributed by atoms with Crippen LogP contribution in [-0.2, 0) is 19.4 Å². The lowest BCUT2D eigenvalue weighted by Crippen LogP contribution is -2.27. The second-order valence-corrected chi connectivity index (χ2v) is 6.25. The van der Waals surface area contributed by atoms with Crippen LogP contribution in [0.15, 0.2) is 28.7 Å². The van der Waals surface area contributed by atoms with Crippen LogP contribution in [0.3, 0.4) is 0 Å². The zero-order valence-electron chi connectivity index (χ0n) is 11.7. The van der Waals surface area contributed by atoms with E-state index < -0.39 is 0 Å². The first-order valence-corrected chi connectivity index (χ1v) is 7.90. The van der Waals surface area contributed by atoms with E-state index in [0.717, 1.165) is 40.3 Å². The molecule has 0 radical (unpaired) electrons. The van der Waals surface area contributed by atoms with E-state index in [0.29, 0.717) is 0 Å². The number of benzene rings is 1. The summed E-state index contributed by atoms with van der Waals surface area (Å²) >= 11 is 9.80. The number of nitrogens with zero attached hydrogens (tertiary/aromatic N) is 2. The Morgan fingerprint density at radius 3 is 2.80 bits per heavy atom. The SMILES string of the molecule is CCn1nc(C)c(Cl)c1CC(N)Cc1cccc(Br)c1. The second-order valence-electron chi connectivity index (χ2n) is 4.96. The average Bonchev–Trinajstić information content (AvgIpc) is 2.66. The standard InChI is InChI=1S/C15H19BrClN3/c1-3-20-14(15(17)10(2)19-20)9-13(18)8-11-5-4-6-12(16)7-11/h4-7,13H,3,8-9,18H2,1-2H3. The van der Waals surface area contributed by atoms with E-state index in [9.17, 15) is 0 Å². The molecule has 20 heavy (non-hydrogen) atoms. The second kappa shape index (κ2) is 6.74. The topological polar surface area (TPSA) is 43.8 Å². The van der Waals surface area contributed by atoms with Crippen LogP contribution in [0.5, 0.6) is 0 Å². The van der Waals surface area contributed by atoms with Gasteiger partial charge in [0.05, 0.1) is 16.4 Å². The van der Waals surface area contributed by atoms with Gasteiger partial charge < -0.3 is 5.73 Å². The first kappa shape index (κ1) is 15.5. The van der Waals surface area contributed by atoms with Gasteiger partial charge in [-0.25, -0.2) is 0 Å². The maximum Gasteiger partial charge on any atom is 0.0847 e. The molecule has 5 heteroatoms. The van der Waals surface area contributed by atoms with Gasteiger partial charge in [-0.1, -0.05) is 39.7 Å². The van der Waals surface area contributed by atoms with Crippen molar-refractivity contribution in [1.82, 2.24) is 9.78 Å². The lowest BCUT2D eigenvalue weighted by atomic mass is 10.0. The van der Waals surface area contributed by atoms with Gasteiger partial charge in [0, 0.05) is 23.5 Å². The van der Waals surface area contributed by atoms with Crippen molar-refractivity contribution in [3.05, 3.63) is 50.7 Å². The average molecular weight is 357 g/mol. The fourth-order valence-corrected chi connectivity index (χ4v) is 3.01. The number of aryl methyl sites for hydroxylation is 2. The fourth-order valence-electron chi connectivity index (χ4n) is 2.35. The highest BCUT2D eigenvalue weighted by atomic mass is 79.9. The van der Waals surface area contributed by atoms with Gasteiger partial charge in [0.25, 0.3) is 0 Å². The minimum atomic E-state index is 0.0307. The van der Waals surface area contributed by atoms with Gasteiger partial charge in [0.2, 0.25) is 0 Å². The van der Waals surface area contributed by atoms with E-state index in [1.807, 2.05) is 23.7 Å². The third-order valence-electron chi connectivity index (χ3n) is 3.30. The molecule has 1 heterocycles. The lowest BCUT2D eigenvalue weighted by molar-refractivity contribution is 0.574. The molecule has 0 amide bonds. The summed E-state index contributed by atoms with van der Waals surface area (Å²) in [6.45, 7) is 4.80. The molecule has 1 aromatic heterocycles. The van der Waals surface area contributed by atoms with Crippen molar-refractivity contribution in [1.29, 1.82) is 0 Å². The molecule has 1 atom stereocenters. The third-order valence-corrected chi connectivity index (χ3v) is 4.28. The molecular weight excluding hydrogens is 338 g/mol. The molecule has 0 aliphatic rings. The molecule has 2 N–H and O–H groups in total. The molecule has 1 aromatic carbocycles. The molecule has 0 bridgehead atoms. The maximum absolute atomic E-state index is 6.32. The van der Waals surface area contributed by atoms with Gasteiger partial charge in [-0.3, -0.25) is 4.68 Å². The Labute approximate surface area is 133 Å². The highest BCUT2D eigenvalue weighted by Crippen LogP contribution is 2.22. The molecular formula is C15H19BrClN3. The zero-order chi connectivity index (χ0) is 14.7. The Hall–Kier alpha value is -0.840. The fraction of sp³-hybridized carbons (Fsp3) is 0.400. The normalized spacial score (nSPS) is 12.7. The summed E-state index contributed by atoms with van der Waals surface area (Å²) in [5.41, 5.74) is 9.41. The predicted octanol–water partition coefficient (Wildman–Crippen LogP) is 3.74. The van der Waals surface area contributed by atoms with Crippen LogP contribution in [-0.4, -0.2) is 15.8 Å². The van der Waals surface area contributed by atoms with Crippen LogP contribution in [0.25, 0.3) is 0 Å². The van der Waals surface area contributed by atoms with E-state index >= 15 is 0 Å². The minimum Gasteiger partial charge on any atom is -0.327 e. The van der Waals surface area contributed by atoms with Crippen LogP contribution in [0.2, 0.25) is 5.02 Å². The van der Waals surface area contributed by atoms with Crippen molar-refractivity contribution in [2.75, 3.05) is 0 Å². The molecule has 0 aliphatic heterocycles. The van der Waals surface area contributed by atoms with Crippen LogP contribution in [0.1, 0.15) is 23.9 Å². The first-order chi connectivity index (χ1) is 9.51. The lowest BCUT2D eigenvalue weighted by Gasteiger charge is -2.13. The molecule has 2 rings (SSSR count). The highest BCUT2D eigenvalue weighted by molar-refractivity contribution is 9.10. The van der Waals surface area contributed by atoms with Crippen LogP contribution in [0, 0.1) is 6.92 Å². The van der Waals surface area contributed by atoms with Crippen molar-refractivity contribution in [3.8, 4) is 0 Å². The summed E-state index contributed by atoms with van der Waals surface area (Å²) in [5, 5.41) is 5.17. The summed E-state index contributed by atoms with van der Waals surface area (Å²) in [7, 11) is 0. The predicted molar refractivity (Wildman–Crippen MR) is 87.2 cm³/mol. The van der Waals surface area contributed by atoms with E-state index in [-0.39, 0.29) is 6.04 Å². The Kier molecular flexibility index (Phi) is 5.24. The number of halogens is 2. The van der Waals surface area contributed by atoms with Gasteiger partial charge in [0.15, 0.2) is 0 Å². The monoisotopic (exact) mass is 355 g/mol. The Morgan fingerprint density at radius 1 is 1.40 bits per heavy atom. The first-order valence-electron chi connectivity index (χ1n) is 6.73. The summed E-state index contributed by atoms with van der Waals surface area (Å²) in [6, 6.07) is 8.27. The van der Waals surface area contributed by atoms with Crippen molar-refractivity contribution in [3.63, 3.8) is 0 Å². The summed E-state index contributed by atoms with van der Waals surface area (Å²) in [6.07, 6.45) is 1.56. The number of rotatable bonds is 5.